The molecule has 0 amide bonds. The maximum atomic E-state index is 13.5. The summed E-state index contributed by atoms with van der Waals surface area (Å²) in [5, 5.41) is 3.87. The zero-order valence-electron chi connectivity index (χ0n) is 14.4. The average molecular weight is 368 g/mol. The fraction of sp³-hybridized carbons (Fsp3) is 0.143. The molecule has 0 bridgehead atoms. The fourth-order valence-corrected chi connectivity index (χ4v) is 2.65. The van der Waals surface area contributed by atoms with Crippen LogP contribution in [0.3, 0.4) is 0 Å². The van der Waals surface area contributed by atoms with Gasteiger partial charge < -0.3 is 0 Å². The van der Waals surface area contributed by atoms with Crippen molar-refractivity contribution < 1.29 is 18.0 Å². The maximum absolute atomic E-state index is 13.5. The van der Waals surface area contributed by atoms with Gasteiger partial charge in [-0.05, 0) is 35.9 Å². The third kappa shape index (κ3) is 4.45. The first-order valence-corrected chi connectivity index (χ1v) is 8.13. The van der Waals surface area contributed by atoms with Crippen LogP contribution < -0.4 is 0 Å². The summed E-state index contributed by atoms with van der Waals surface area (Å²) in [7, 11) is 1.57. The number of aromatic nitrogens is 2. The number of benzene rings is 2. The van der Waals surface area contributed by atoms with Crippen LogP contribution in [0.4, 0.5) is 13.2 Å². The van der Waals surface area contributed by atoms with E-state index in [1.54, 1.807) is 31.3 Å². The van der Waals surface area contributed by atoms with Gasteiger partial charge in [-0.25, -0.2) is 0 Å². The van der Waals surface area contributed by atoms with Gasteiger partial charge in [-0.15, -0.1) is 0 Å². The molecule has 0 saturated carbocycles. The zero-order chi connectivity index (χ0) is 19.4. The summed E-state index contributed by atoms with van der Waals surface area (Å²) in [5.74, 6) is 5.15. The molecule has 0 aliphatic carbocycles. The van der Waals surface area contributed by atoms with Gasteiger partial charge in [0, 0.05) is 30.8 Å². The highest BCUT2D eigenvalue weighted by atomic mass is 19.4. The van der Waals surface area contributed by atoms with Gasteiger partial charge in [0.2, 0.25) is 0 Å². The number of aryl methyl sites for hydroxylation is 1. The minimum atomic E-state index is -4.58. The number of nitrogens with zero attached hydrogens (tertiary/aromatic N) is 2. The van der Waals surface area contributed by atoms with E-state index in [0.717, 1.165) is 6.07 Å². The lowest BCUT2D eigenvalue weighted by Crippen LogP contribution is -2.15. The lowest BCUT2D eigenvalue weighted by Gasteiger charge is -2.13. The Labute approximate surface area is 154 Å². The minimum Gasteiger partial charge on any atom is -0.292 e. The third-order valence-corrected chi connectivity index (χ3v) is 4.00. The van der Waals surface area contributed by atoms with E-state index in [4.69, 9.17) is 0 Å². The molecule has 0 unspecified atom stereocenters. The van der Waals surface area contributed by atoms with Gasteiger partial charge in [-0.2, -0.15) is 18.3 Å². The van der Waals surface area contributed by atoms with E-state index >= 15 is 0 Å². The van der Waals surface area contributed by atoms with Crippen molar-refractivity contribution in [2.75, 3.05) is 0 Å². The van der Waals surface area contributed by atoms with Crippen LogP contribution in [0.5, 0.6) is 0 Å². The van der Waals surface area contributed by atoms with Gasteiger partial charge in [0.25, 0.3) is 0 Å². The average Bonchev–Trinajstić information content (AvgIpc) is 3.07. The van der Waals surface area contributed by atoms with E-state index in [0.29, 0.717) is 5.56 Å². The summed E-state index contributed by atoms with van der Waals surface area (Å²) in [6.45, 7) is 0. The van der Waals surface area contributed by atoms with E-state index < -0.39 is 17.5 Å². The molecule has 0 N–H and O–H groups in total. The highest BCUT2D eigenvalue weighted by Crippen LogP contribution is 2.33. The lowest BCUT2D eigenvalue weighted by molar-refractivity contribution is -0.138. The number of Topliss-reactive ketones (excluding diaryl/α,β-unsaturated/α-hetero) is 1. The highest BCUT2D eigenvalue weighted by molar-refractivity contribution is 5.96. The Kier molecular flexibility index (Phi) is 5.13. The molecule has 3 rings (SSSR count). The summed E-state index contributed by atoms with van der Waals surface area (Å²) in [5.41, 5.74) is 0.275. The number of halogens is 3. The predicted octanol–water partition coefficient (Wildman–Crippen LogP) is 4.26. The molecule has 6 heteroatoms. The summed E-state index contributed by atoms with van der Waals surface area (Å²) in [6, 6.07) is 14.3. The highest BCUT2D eigenvalue weighted by Gasteiger charge is 2.34. The standard InChI is InChI=1S/C21H15F3N2O/c1-26-19(11-12-25-26)20(27)14-17-10-9-16(13-18(17)21(22,23)24)8-7-15-5-3-2-4-6-15/h2-6,9-13H,14H2,1H3. The predicted molar refractivity (Wildman–Crippen MR) is 95.1 cm³/mol. The maximum Gasteiger partial charge on any atom is 0.416 e. The number of carbonyl (C=O) groups is 1. The Hall–Kier alpha value is -3.33. The summed E-state index contributed by atoms with van der Waals surface area (Å²) in [6.07, 6.45) is -3.51. The number of hydrogen-bond donors (Lipinski definition) is 0. The van der Waals surface area contributed by atoms with Crippen molar-refractivity contribution in [3.05, 3.63) is 88.7 Å². The molecule has 136 valence electrons. The Bertz CT molecular complexity index is 1020. The first-order chi connectivity index (χ1) is 12.8. The van der Waals surface area contributed by atoms with Crippen LogP contribution in [0.25, 0.3) is 0 Å². The number of hydrogen-bond acceptors (Lipinski definition) is 2. The molecule has 3 nitrogen and oxygen atoms in total. The number of carbonyl (C=O) groups excluding carboxylic acids is 1. The van der Waals surface area contributed by atoms with E-state index in [9.17, 15) is 18.0 Å². The second kappa shape index (κ2) is 7.50. The van der Waals surface area contributed by atoms with Crippen molar-refractivity contribution in [2.45, 2.75) is 12.6 Å². The van der Waals surface area contributed by atoms with Crippen LogP contribution in [-0.2, 0) is 19.6 Å². The molecule has 1 heterocycles. The van der Waals surface area contributed by atoms with Gasteiger partial charge in [0.1, 0.15) is 5.69 Å². The molecule has 0 saturated heterocycles. The van der Waals surface area contributed by atoms with Crippen LogP contribution in [0.15, 0.2) is 60.8 Å². The van der Waals surface area contributed by atoms with E-state index in [2.05, 4.69) is 16.9 Å². The van der Waals surface area contributed by atoms with Crippen molar-refractivity contribution in [3.8, 4) is 11.8 Å². The van der Waals surface area contributed by atoms with Crippen molar-refractivity contribution >= 4 is 5.78 Å². The lowest BCUT2D eigenvalue weighted by atomic mass is 9.98. The van der Waals surface area contributed by atoms with Crippen LogP contribution in [0.2, 0.25) is 0 Å². The Morgan fingerprint density at radius 3 is 2.37 bits per heavy atom. The SMILES string of the molecule is Cn1nccc1C(=O)Cc1ccc(C#Cc2ccccc2)cc1C(F)(F)F. The first-order valence-electron chi connectivity index (χ1n) is 8.13. The van der Waals surface area contributed by atoms with E-state index in [1.165, 1.54) is 29.1 Å². The van der Waals surface area contributed by atoms with Crippen molar-refractivity contribution in [3.63, 3.8) is 0 Å². The number of rotatable bonds is 3. The summed E-state index contributed by atoms with van der Waals surface area (Å²) >= 11 is 0. The minimum absolute atomic E-state index is 0.0843. The topological polar surface area (TPSA) is 34.9 Å². The molecule has 27 heavy (non-hydrogen) atoms. The molecule has 0 aliphatic heterocycles. The summed E-state index contributed by atoms with van der Waals surface area (Å²) < 4.78 is 41.8. The van der Waals surface area contributed by atoms with Crippen molar-refractivity contribution in [2.24, 2.45) is 7.05 Å². The molecule has 0 fully saturated rings. The molecule has 3 aromatic rings. The Morgan fingerprint density at radius 2 is 1.74 bits per heavy atom. The second-order valence-corrected chi connectivity index (χ2v) is 5.93. The van der Waals surface area contributed by atoms with Gasteiger partial charge in [0.15, 0.2) is 5.78 Å². The normalized spacial score (nSPS) is 11.0. The van der Waals surface area contributed by atoms with E-state index in [-0.39, 0.29) is 23.2 Å². The molecule has 1 aromatic heterocycles. The van der Waals surface area contributed by atoms with Gasteiger partial charge in [-0.1, -0.05) is 36.1 Å². The van der Waals surface area contributed by atoms with Crippen molar-refractivity contribution in [1.29, 1.82) is 0 Å². The van der Waals surface area contributed by atoms with Crippen molar-refractivity contribution in [1.82, 2.24) is 9.78 Å². The van der Waals surface area contributed by atoms with Gasteiger partial charge in [-0.3, -0.25) is 9.48 Å². The molecular formula is C21H15F3N2O. The monoisotopic (exact) mass is 368 g/mol. The smallest absolute Gasteiger partial charge is 0.292 e. The zero-order valence-corrected chi connectivity index (χ0v) is 14.4. The molecule has 2 aromatic carbocycles. The number of ketones is 1. The second-order valence-electron chi connectivity index (χ2n) is 5.93. The molecule has 0 aliphatic rings. The number of alkyl halides is 3. The van der Waals surface area contributed by atoms with E-state index in [1.807, 2.05) is 6.07 Å². The van der Waals surface area contributed by atoms with Crippen LogP contribution in [-0.4, -0.2) is 15.6 Å². The van der Waals surface area contributed by atoms with Crippen LogP contribution in [0, 0.1) is 11.8 Å². The molecule has 0 spiro atoms. The third-order valence-electron chi connectivity index (χ3n) is 4.00. The molecule has 0 atom stereocenters. The first kappa shape index (κ1) is 18.5. The van der Waals surface area contributed by atoms with Crippen LogP contribution in [0.1, 0.15) is 32.7 Å². The Morgan fingerprint density at radius 1 is 1.04 bits per heavy atom. The Balaban J connectivity index is 1.92. The largest absolute Gasteiger partial charge is 0.416 e. The molecular weight excluding hydrogens is 353 g/mol. The van der Waals surface area contributed by atoms with Gasteiger partial charge in [0.05, 0.1) is 5.56 Å². The molecule has 0 radical (unpaired) electrons. The summed E-state index contributed by atoms with van der Waals surface area (Å²) in [4.78, 5) is 12.3. The fourth-order valence-electron chi connectivity index (χ4n) is 2.65. The van der Waals surface area contributed by atoms with Gasteiger partial charge >= 0.3 is 6.18 Å². The quantitative estimate of drug-likeness (QED) is 0.511. The van der Waals surface area contributed by atoms with Crippen LogP contribution >= 0.6 is 0 Å².